The number of rotatable bonds is 4. The Morgan fingerprint density at radius 1 is 1.09 bits per heavy atom. The first kappa shape index (κ1) is 23.0. The van der Waals surface area contributed by atoms with E-state index < -0.39 is 0 Å². The molecule has 1 aliphatic heterocycles. The van der Waals surface area contributed by atoms with Gasteiger partial charge in [0.15, 0.2) is 5.11 Å². The number of benzene rings is 1. The first-order valence-electron chi connectivity index (χ1n) is 10.7. The Kier molecular flexibility index (Phi) is 7.41. The molecule has 0 spiro atoms. The van der Waals surface area contributed by atoms with Gasteiger partial charge >= 0.3 is 0 Å². The minimum atomic E-state index is 0.357. The van der Waals surface area contributed by atoms with E-state index in [1.54, 1.807) is 6.26 Å². The Balaban J connectivity index is 1.48. The Bertz CT molecular complexity index is 1110. The van der Waals surface area contributed by atoms with Gasteiger partial charge in [0.25, 0.3) is 0 Å². The minimum Gasteiger partial charge on any atom is -0.467 e. The number of aromatic nitrogens is 2. The third-order valence-electron chi connectivity index (χ3n) is 5.16. The van der Waals surface area contributed by atoms with Crippen LogP contribution in [0.15, 0.2) is 58.1 Å². The second-order valence-electron chi connectivity index (χ2n) is 7.73. The Labute approximate surface area is 203 Å². The second kappa shape index (κ2) is 10.6. The molecule has 1 fully saturated rings. The SMILES string of the molecule is Cc1cc(C)nc(N/C(=N/C(=S)NCc2ccco2)N2CCN(c3cccc(Cl)c3)CC2)n1. The van der Waals surface area contributed by atoms with Crippen molar-refractivity contribution in [2.75, 3.05) is 36.4 Å². The van der Waals surface area contributed by atoms with Crippen LogP contribution in [0.4, 0.5) is 11.6 Å². The standard InChI is InChI=1S/C23H26ClN7OS/c1-16-13-17(2)27-21(26-16)28-22(29-23(33)25-15-20-7-4-12-32-20)31-10-8-30(9-11-31)19-6-3-5-18(24)14-19/h3-7,12-14H,8-11,15H2,1-2H3,(H2,25,26,27,28,29,33). The number of aryl methyl sites for hydroxylation is 2. The van der Waals surface area contributed by atoms with E-state index in [4.69, 9.17) is 28.2 Å². The number of anilines is 2. The highest BCUT2D eigenvalue weighted by Crippen LogP contribution is 2.21. The molecular formula is C23H26ClN7OS. The molecule has 0 bridgehead atoms. The molecule has 3 heterocycles. The molecule has 1 aliphatic rings. The van der Waals surface area contributed by atoms with Crippen molar-refractivity contribution in [1.82, 2.24) is 20.2 Å². The van der Waals surface area contributed by atoms with Crippen molar-refractivity contribution >= 4 is 46.5 Å². The van der Waals surface area contributed by atoms with Gasteiger partial charge in [-0.2, -0.15) is 4.99 Å². The highest BCUT2D eigenvalue weighted by Gasteiger charge is 2.22. The summed E-state index contributed by atoms with van der Waals surface area (Å²) in [7, 11) is 0. The van der Waals surface area contributed by atoms with Crippen LogP contribution in [0.5, 0.6) is 0 Å². The Morgan fingerprint density at radius 2 is 1.85 bits per heavy atom. The van der Waals surface area contributed by atoms with Crippen LogP contribution in [-0.2, 0) is 6.54 Å². The molecular weight excluding hydrogens is 458 g/mol. The molecule has 0 amide bonds. The van der Waals surface area contributed by atoms with Gasteiger partial charge in [0.2, 0.25) is 11.9 Å². The molecule has 3 aromatic rings. The van der Waals surface area contributed by atoms with E-state index >= 15 is 0 Å². The van der Waals surface area contributed by atoms with Gasteiger partial charge in [-0.05, 0) is 62.5 Å². The number of guanidine groups is 1. The molecule has 33 heavy (non-hydrogen) atoms. The molecule has 0 atom stereocenters. The van der Waals surface area contributed by atoms with E-state index in [0.29, 0.717) is 23.6 Å². The number of hydrogen-bond donors (Lipinski definition) is 2. The highest BCUT2D eigenvalue weighted by atomic mass is 35.5. The molecule has 4 rings (SSSR count). The van der Waals surface area contributed by atoms with Crippen LogP contribution < -0.4 is 15.5 Å². The maximum atomic E-state index is 6.17. The lowest BCUT2D eigenvalue weighted by molar-refractivity contribution is 0.385. The smallest absolute Gasteiger partial charge is 0.229 e. The topological polar surface area (TPSA) is 81.8 Å². The summed E-state index contributed by atoms with van der Waals surface area (Å²) >= 11 is 11.7. The molecule has 10 heteroatoms. The van der Waals surface area contributed by atoms with Gasteiger partial charge in [0.1, 0.15) is 5.76 Å². The molecule has 0 radical (unpaired) electrons. The van der Waals surface area contributed by atoms with Gasteiger partial charge in [0.05, 0.1) is 12.8 Å². The average molecular weight is 484 g/mol. The van der Waals surface area contributed by atoms with Gasteiger partial charge in [0, 0.05) is 48.3 Å². The van der Waals surface area contributed by atoms with Crippen LogP contribution in [0.2, 0.25) is 5.02 Å². The number of piperazine rings is 1. The molecule has 2 aromatic heterocycles. The molecule has 2 N–H and O–H groups in total. The number of aliphatic imine (C=N–C) groups is 1. The molecule has 1 saturated heterocycles. The fourth-order valence-electron chi connectivity index (χ4n) is 3.62. The summed E-state index contributed by atoms with van der Waals surface area (Å²) in [6.07, 6.45) is 1.63. The Hall–Kier alpha value is -3.17. The second-order valence-corrected chi connectivity index (χ2v) is 8.55. The summed E-state index contributed by atoms with van der Waals surface area (Å²) in [5.41, 5.74) is 2.88. The van der Waals surface area contributed by atoms with Crippen LogP contribution >= 0.6 is 23.8 Å². The van der Waals surface area contributed by atoms with Crippen molar-refractivity contribution in [3.05, 3.63) is 70.9 Å². The number of nitrogens with zero attached hydrogens (tertiary/aromatic N) is 5. The van der Waals surface area contributed by atoms with E-state index in [0.717, 1.165) is 54.0 Å². The van der Waals surface area contributed by atoms with Gasteiger partial charge in [-0.25, -0.2) is 9.97 Å². The molecule has 0 unspecified atom stereocenters. The number of hydrogen-bond acceptors (Lipinski definition) is 5. The van der Waals surface area contributed by atoms with Crippen molar-refractivity contribution in [1.29, 1.82) is 0 Å². The fraction of sp³-hybridized carbons (Fsp3) is 0.304. The average Bonchev–Trinajstić information content (AvgIpc) is 3.31. The van der Waals surface area contributed by atoms with Crippen molar-refractivity contribution in [2.45, 2.75) is 20.4 Å². The maximum Gasteiger partial charge on any atom is 0.229 e. The van der Waals surface area contributed by atoms with E-state index in [1.165, 1.54) is 0 Å². The number of nitrogens with one attached hydrogen (secondary N) is 2. The van der Waals surface area contributed by atoms with Crippen LogP contribution in [-0.4, -0.2) is 52.1 Å². The summed E-state index contributed by atoms with van der Waals surface area (Å²) in [4.78, 5) is 18.1. The quantitative estimate of drug-likeness (QED) is 0.327. The summed E-state index contributed by atoms with van der Waals surface area (Å²) in [6.45, 7) is 7.49. The number of thiocarbonyl (C=S) groups is 1. The van der Waals surface area contributed by atoms with Crippen molar-refractivity contribution in [3.63, 3.8) is 0 Å². The zero-order chi connectivity index (χ0) is 23.2. The molecule has 1 aromatic carbocycles. The van der Waals surface area contributed by atoms with Crippen LogP contribution in [0, 0.1) is 13.8 Å². The first-order chi connectivity index (χ1) is 16.0. The summed E-state index contributed by atoms with van der Waals surface area (Å²) in [6, 6.07) is 13.6. The van der Waals surface area contributed by atoms with E-state index in [9.17, 15) is 0 Å². The monoisotopic (exact) mass is 483 g/mol. The van der Waals surface area contributed by atoms with Crippen molar-refractivity contribution < 1.29 is 4.42 Å². The first-order valence-corrected chi connectivity index (χ1v) is 11.5. The third-order valence-corrected chi connectivity index (χ3v) is 5.63. The van der Waals surface area contributed by atoms with Gasteiger partial charge in [-0.15, -0.1) is 0 Å². The predicted molar refractivity (Wildman–Crippen MR) is 136 cm³/mol. The van der Waals surface area contributed by atoms with Crippen LogP contribution in [0.25, 0.3) is 0 Å². The lowest BCUT2D eigenvalue weighted by atomic mass is 10.2. The number of halogens is 1. The fourth-order valence-corrected chi connectivity index (χ4v) is 3.96. The maximum absolute atomic E-state index is 6.17. The largest absolute Gasteiger partial charge is 0.467 e. The third kappa shape index (κ3) is 6.43. The number of furan rings is 1. The molecule has 172 valence electrons. The van der Waals surface area contributed by atoms with Gasteiger partial charge in [-0.1, -0.05) is 17.7 Å². The van der Waals surface area contributed by atoms with Gasteiger partial charge < -0.3 is 19.5 Å². The van der Waals surface area contributed by atoms with E-state index in [2.05, 4.69) is 41.5 Å². The van der Waals surface area contributed by atoms with Crippen LogP contribution in [0.3, 0.4) is 0 Å². The lowest BCUT2D eigenvalue weighted by Crippen LogP contribution is -2.51. The highest BCUT2D eigenvalue weighted by molar-refractivity contribution is 7.80. The normalized spacial score (nSPS) is 14.3. The zero-order valence-electron chi connectivity index (χ0n) is 18.6. The van der Waals surface area contributed by atoms with Crippen molar-refractivity contribution in [3.8, 4) is 0 Å². The minimum absolute atomic E-state index is 0.357. The van der Waals surface area contributed by atoms with Gasteiger partial charge in [-0.3, -0.25) is 5.32 Å². The van der Waals surface area contributed by atoms with Crippen molar-refractivity contribution in [2.24, 2.45) is 4.99 Å². The lowest BCUT2D eigenvalue weighted by Gasteiger charge is -2.37. The molecule has 8 nitrogen and oxygen atoms in total. The molecule has 0 aliphatic carbocycles. The summed E-state index contributed by atoms with van der Waals surface area (Å²) in [5, 5.41) is 7.49. The Morgan fingerprint density at radius 3 is 2.52 bits per heavy atom. The van der Waals surface area contributed by atoms with E-state index in [1.807, 2.05) is 50.2 Å². The molecule has 0 saturated carbocycles. The summed E-state index contributed by atoms with van der Waals surface area (Å²) < 4.78 is 5.36. The zero-order valence-corrected chi connectivity index (χ0v) is 20.2. The summed E-state index contributed by atoms with van der Waals surface area (Å²) in [5.74, 6) is 1.90. The van der Waals surface area contributed by atoms with Crippen LogP contribution in [0.1, 0.15) is 17.1 Å². The predicted octanol–water partition coefficient (Wildman–Crippen LogP) is 4.00. The van der Waals surface area contributed by atoms with E-state index in [-0.39, 0.29) is 0 Å².